The second-order valence-corrected chi connectivity index (χ2v) is 2.91. The van der Waals surface area contributed by atoms with Gasteiger partial charge in [-0.1, -0.05) is 0 Å². The minimum absolute atomic E-state index is 0.0677. The zero-order valence-corrected chi connectivity index (χ0v) is 8.33. The normalized spacial score (nSPS) is 9.86. The van der Waals surface area contributed by atoms with E-state index in [1.54, 1.807) is 25.2 Å². The molecule has 1 aromatic carbocycles. The highest BCUT2D eigenvalue weighted by molar-refractivity contribution is 5.98. The lowest BCUT2D eigenvalue weighted by Gasteiger charge is -2.06. The Morgan fingerprint density at radius 1 is 1.57 bits per heavy atom. The first-order valence-electron chi connectivity index (χ1n) is 4.28. The molecule has 0 heterocycles. The first kappa shape index (κ1) is 10.5. The third-order valence-corrected chi connectivity index (χ3v) is 1.92. The topological polar surface area (TPSA) is 64.3 Å². The van der Waals surface area contributed by atoms with Crippen molar-refractivity contribution in [2.24, 2.45) is 0 Å². The number of hydrogen-bond acceptors (Lipinski definition) is 4. The maximum atomic E-state index is 11.4. The van der Waals surface area contributed by atoms with Gasteiger partial charge in [0.25, 0.3) is 0 Å². The van der Waals surface area contributed by atoms with Crippen LogP contribution in [-0.4, -0.2) is 26.5 Å². The molecule has 0 amide bonds. The predicted octanol–water partition coefficient (Wildman–Crippen LogP) is 1.14. The van der Waals surface area contributed by atoms with E-state index in [9.17, 15) is 4.79 Å². The standard InChI is InChI=1S/C10H14N2O2/c1-12-9-4-3-7(5-8(9)11)10(13)6-14-2/h3-5,12H,6,11H2,1-2H3. The van der Waals surface area contributed by atoms with Crippen molar-refractivity contribution in [2.45, 2.75) is 0 Å². The molecule has 4 nitrogen and oxygen atoms in total. The van der Waals surface area contributed by atoms with E-state index in [0.717, 1.165) is 5.69 Å². The zero-order chi connectivity index (χ0) is 10.6. The number of benzene rings is 1. The maximum Gasteiger partial charge on any atom is 0.188 e. The Morgan fingerprint density at radius 2 is 2.29 bits per heavy atom. The average Bonchev–Trinajstić information content (AvgIpc) is 2.18. The highest BCUT2D eigenvalue weighted by atomic mass is 16.5. The molecular formula is C10H14N2O2. The summed E-state index contributed by atoms with van der Waals surface area (Å²) in [5, 5.41) is 2.93. The van der Waals surface area contributed by atoms with Crippen LogP contribution in [0.4, 0.5) is 11.4 Å². The Kier molecular flexibility index (Phi) is 3.48. The lowest BCUT2D eigenvalue weighted by atomic mass is 10.1. The summed E-state index contributed by atoms with van der Waals surface area (Å²) >= 11 is 0. The molecule has 0 saturated heterocycles. The molecule has 0 aromatic heterocycles. The third kappa shape index (κ3) is 2.23. The van der Waals surface area contributed by atoms with Gasteiger partial charge >= 0.3 is 0 Å². The molecule has 0 fully saturated rings. The molecule has 0 saturated carbocycles. The van der Waals surface area contributed by atoms with Crippen molar-refractivity contribution in [3.63, 3.8) is 0 Å². The van der Waals surface area contributed by atoms with E-state index in [2.05, 4.69) is 5.32 Å². The van der Waals surface area contributed by atoms with E-state index >= 15 is 0 Å². The van der Waals surface area contributed by atoms with Crippen LogP contribution in [0.2, 0.25) is 0 Å². The summed E-state index contributed by atoms with van der Waals surface area (Å²) in [6.45, 7) is 0.0817. The van der Waals surface area contributed by atoms with Gasteiger partial charge in [-0.3, -0.25) is 4.79 Å². The fraction of sp³-hybridized carbons (Fsp3) is 0.300. The van der Waals surface area contributed by atoms with Crippen LogP contribution in [0.1, 0.15) is 10.4 Å². The summed E-state index contributed by atoms with van der Waals surface area (Å²) in [6.07, 6.45) is 0. The number of nitrogens with two attached hydrogens (primary N) is 1. The number of methoxy groups -OCH3 is 1. The molecule has 0 bridgehead atoms. The summed E-state index contributed by atoms with van der Waals surface area (Å²) in [7, 11) is 3.27. The minimum Gasteiger partial charge on any atom is -0.397 e. The van der Waals surface area contributed by atoms with Gasteiger partial charge in [0.05, 0.1) is 11.4 Å². The third-order valence-electron chi connectivity index (χ3n) is 1.92. The fourth-order valence-corrected chi connectivity index (χ4v) is 1.18. The molecule has 1 rings (SSSR count). The van der Waals surface area contributed by atoms with Gasteiger partial charge in [0, 0.05) is 19.7 Å². The molecular weight excluding hydrogens is 180 g/mol. The Bertz CT molecular complexity index is 337. The molecule has 4 heteroatoms. The number of ether oxygens (including phenoxy) is 1. The monoisotopic (exact) mass is 194 g/mol. The van der Waals surface area contributed by atoms with Crippen molar-refractivity contribution in [2.75, 3.05) is 31.8 Å². The van der Waals surface area contributed by atoms with Gasteiger partial charge in [-0.2, -0.15) is 0 Å². The molecule has 0 aliphatic carbocycles. The Balaban J connectivity index is 2.91. The number of nitrogens with one attached hydrogen (secondary N) is 1. The summed E-state index contributed by atoms with van der Waals surface area (Å²) in [4.78, 5) is 11.4. The van der Waals surface area contributed by atoms with Crippen molar-refractivity contribution in [3.05, 3.63) is 23.8 Å². The van der Waals surface area contributed by atoms with Gasteiger partial charge < -0.3 is 15.8 Å². The summed E-state index contributed by atoms with van der Waals surface area (Å²) in [6, 6.07) is 5.15. The van der Waals surface area contributed by atoms with Crippen molar-refractivity contribution >= 4 is 17.2 Å². The van der Waals surface area contributed by atoms with Gasteiger partial charge in [-0.05, 0) is 18.2 Å². The van der Waals surface area contributed by atoms with Crippen LogP contribution in [-0.2, 0) is 4.74 Å². The van der Waals surface area contributed by atoms with Gasteiger partial charge in [-0.25, -0.2) is 0 Å². The number of carbonyl (C=O) groups excluding carboxylic acids is 1. The van der Waals surface area contributed by atoms with E-state index in [-0.39, 0.29) is 12.4 Å². The maximum absolute atomic E-state index is 11.4. The smallest absolute Gasteiger partial charge is 0.188 e. The second-order valence-electron chi connectivity index (χ2n) is 2.91. The van der Waals surface area contributed by atoms with Crippen molar-refractivity contribution < 1.29 is 9.53 Å². The average molecular weight is 194 g/mol. The van der Waals surface area contributed by atoms with Crippen LogP contribution in [0.15, 0.2) is 18.2 Å². The molecule has 76 valence electrons. The number of carbonyl (C=O) groups is 1. The van der Waals surface area contributed by atoms with Crippen molar-refractivity contribution in [3.8, 4) is 0 Å². The summed E-state index contributed by atoms with van der Waals surface area (Å²) in [5.41, 5.74) is 7.67. The lowest BCUT2D eigenvalue weighted by Crippen LogP contribution is -2.08. The molecule has 0 atom stereocenters. The van der Waals surface area contributed by atoms with Gasteiger partial charge in [-0.15, -0.1) is 0 Å². The lowest BCUT2D eigenvalue weighted by molar-refractivity contribution is 0.0848. The van der Waals surface area contributed by atoms with E-state index < -0.39 is 0 Å². The van der Waals surface area contributed by atoms with Crippen LogP contribution in [0.25, 0.3) is 0 Å². The van der Waals surface area contributed by atoms with Crippen LogP contribution >= 0.6 is 0 Å². The highest BCUT2D eigenvalue weighted by Crippen LogP contribution is 2.19. The highest BCUT2D eigenvalue weighted by Gasteiger charge is 2.06. The first-order chi connectivity index (χ1) is 6.69. The number of ketones is 1. The predicted molar refractivity (Wildman–Crippen MR) is 56.6 cm³/mol. The molecule has 14 heavy (non-hydrogen) atoms. The number of rotatable bonds is 4. The molecule has 0 radical (unpaired) electrons. The van der Waals surface area contributed by atoms with Crippen molar-refractivity contribution in [1.29, 1.82) is 0 Å². The minimum atomic E-state index is -0.0677. The fourth-order valence-electron chi connectivity index (χ4n) is 1.18. The van der Waals surface area contributed by atoms with Gasteiger partial charge in [0.2, 0.25) is 0 Å². The zero-order valence-electron chi connectivity index (χ0n) is 8.33. The first-order valence-corrected chi connectivity index (χ1v) is 4.28. The summed E-state index contributed by atoms with van der Waals surface area (Å²) in [5.74, 6) is -0.0677. The van der Waals surface area contributed by atoms with E-state index in [4.69, 9.17) is 10.5 Å². The molecule has 1 aromatic rings. The number of hydrogen-bond donors (Lipinski definition) is 2. The Morgan fingerprint density at radius 3 is 2.79 bits per heavy atom. The Labute approximate surface area is 83.1 Å². The van der Waals surface area contributed by atoms with Crippen LogP contribution in [0.3, 0.4) is 0 Å². The summed E-state index contributed by atoms with van der Waals surface area (Å²) < 4.78 is 4.75. The molecule has 3 N–H and O–H groups in total. The second kappa shape index (κ2) is 4.62. The van der Waals surface area contributed by atoms with Crippen molar-refractivity contribution in [1.82, 2.24) is 0 Å². The van der Waals surface area contributed by atoms with Gasteiger partial charge in [0.15, 0.2) is 5.78 Å². The molecule has 0 aliphatic heterocycles. The molecule has 0 unspecified atom stereocenters. The number of nitrogen functional groups attached to an aromatic ring is 1. The molecule has 0 spiro atoms. The van der Waals surface area contributed by atoms with Crippen LogP contribution in [0, 0.1) is 0 Å². The number of anilines is 2. The van der Waals surface area contributed by atoms with Crippen LogP contribution in [0.5, 0.6) is 0 Å². The number of Topliss-reactive ketones (excluding diaryl/α,β-unsaturated/α-hetero) is 1. The van der Waals surface area contributed by atoms with E-state index in [1.807, 2.05) is 0 Å². The van der Waals surface area contributed by atoms with E-state index in [1.165, 1.54) is 7.11 Å². The van der Waals surface area contributed by atoms with Crippen LogP contribution < -0.4 is 11.1 Å². The SMILES string of the molecule is CNc1ccc(C(=O)COC)cc1N. The quantitative estimate of drug-likeness (QED) is 0.557. The Hall–Kier alpha value is -1.55. The van der Waals surface area contributed by atoms with E-state index in [0.29, 0.717) is 11.3 Å². The largest absolute Gasteiger partial charge is 0.397 e. The molecule has 0 aliphatic rings. The van der Waals surface area contributed by atoms with Gasteiger partial charge in [0.1, 0.15) is 6.61 Å².